The number of anilines is 1. The predicted octanol–water partition coefficient (Wildman–Crippen LogP) is 2.33. The summed E-state index contributed by atoms with van der Waals surface area (Å²) in [5.41, 5.74) is 2.82. The van der Waals surface area contributed by atoms with Crippen molar-refractivity contribution in [2.24, 2.45) is 0 Å². The fourth-order valence-electron chi connectivity index (χ4n) is 3.24. The van der Waals surface area contributed by atoms with E-state index in [9.17, 15) is 0 Å². The zero-order valence-corrected chi connectivity index (χ0v) is 9.01. The number of allylic oxidation sites excluding steroid dienone is 2. The number of hydrogen-bond acceptors (Lipinski definition) is 2. The second kappa shape index (κ2) is 2.91. The third-order valence-electron chi connectivity index (χ3n) is 3.97. The van der Waals surface area contributed by atoms with Gasteiger partial charge >= 0.3 is 0 Å². The molecule has 2 nitrogen and oxygen atoms in total. The molecule has 3 unspecified atom stereocenters. The van der Waals surface area contributed by atoms with Crippen LogP contribution < -0.4 is 5.32 Å². The number of fused-ring (bicyclic) bond motifs is 5. The van der Waals surface area contributed by atoms with Crippen molar-refractivity contribution in [1.82, 2.24) is 4.90 Å². The van der Waals surface area contributed by atoms with Crippen LogP contribution in [0.4, 0.5) is 5.69 Å². The highest BCUT2D eigenvalue weighted by molar-refractivity contribution is 5.61. The van der Waals surface area contributed by atoms with Crippen LogP contribution in [0.3, 0.4) is 0 Å². The molecule has 1 aromatic carbocycles. The van der Waals surface area contributed by atoms with Gasteiger partial charge in [0.2, 0.25) is 0 Å². The molecule has 1 fully saturated rings. The van der Waals surface area contributed by atoms with Gasteiger partial charge in [0.15, 0.2) is 0 Å². The summed E-state index contributed by atoms with van der Waals surface area (Å²) in [4.78, 5) is 2.44. The van der Waals surface area contributed by atoms with E-state index in [0.717, 1.165) is 6.54 Å². The molecule has 80 valence electrons. The fourth-order valence-corrected chi connectivity index (χ4v) is 3.24. The zero-order chi connectivity index (χ0) is 10.5. The third-order valence-corrected chi connectivity index (χ3v) is 3.97. The molecule has 3 aliphatic rings. The van der Waals surface area contributed by atoms with Crippen molar-refractivity contribution >= 4 is 5.69 Å². The van der Waals surface area contributed by atoms with Crippen molar-refractivity contribution in [3.05, 3.63) is 54.3 Å². The molecule has 1 saturated heterocycles. The second-order valence-corrected chi connectivity index (χ2v) is 4.78. The van der Waals surface area contributed by atoms with E-state index in [1.165, 1.54) is 11.3 Å². The van der Waals surface area contributed by atoms with Crippen LogP contribution in [0, 0.1) is 0 Å². The van der Waals surface area contributed by atoms with E-state index in [2.05, 4.69) is 58.9 Å². The van der Waals surface area contributed by atoms with Gasteiger partial charge in [0.05, 0.1) is 12.1 Å². The Labute approximate surface area is 95.3 Å². The minimum absolute atomic E-state index is 0.530. The summed E-state index contributed by atoms with van der Waals surface area (Å²) in [6.45, 7) is 1.14. The van der Waals surface area contributed by atoms with E-state index < -0.39 is 0 Å². The maximum Gasteiger partial charge on any atom is 0.0679 e. The first-order valence-corrected chi connectivity index (χ1v) is 5.90. The molecule has 3 aliphatic heterocycles. The molecular formula is C14H14N2. The monoisotopic (exact) mass is 210 g/mol. The lowest BCUT2D eigenvalue weighted by Gasteiger charge is -2.26. The Bertz CT molecular complexity index is 489. The maximum absolute atomic E-state index is 3.67. The third kappa shape index (κ3) is 0.967. The van der Waals surface area contributed by atoms with E-state index in [4.69, 9.17) is 0 Å². The zero-order valence-electron chi connectivity index (χ0n) is 9.01. The van der Waals surface area contributed by atoms with Crippen molar-refractivity contribution in [3.8, 4) is 0 Å². The number of hydrogen-bond donors (Lipinski definition) is 1. The first kappa shape index (κ1) is 8.45. The summed E-state index contributed by atoms with van der Waals surface area (Å²) in [7, 11) is 0. The van der Waals surface area contributed by atoms with E-state index in [-0.39, 0.29) is 0 Å². The Morgan fingerprint density at radius 1 is 1.19 bits per heavy atom. The molecule has 1 N–H and O–H groups in total. The average molecular weight is 210 g/mol. The van der Waals surface area contributed by atoms with E-state index in [1.807, 2.05) is 0 Å². The minimum Gasteiger partial charge on any atom is -0.379 e. The van der Waals surface area contributed by atoms with Gasteiger partial charge in [-0.25, -0.2) is 0 Å². The molecule has 1 aromatic rings. The molecule has 0 bridgehead atoms. The number of nitrogens with one attached hydrogen (secondary N) is 1. The molecule has 0 aliphatic carbocycles. The molecule has 0 radical (unpaired) electrons. The Morgan fingerprint density at radius 2 is 2.12 bits per heavy atom. The van der Waals surface area contributed by atoms with Gasteiger partial charge in [0.25, 0.3) is 0 Å². The molecule has 0 aromatic heterocycles. The molecule has 3 heterocycles. The number of benzene rings is 1. The van der Waals surface area contributed by atoms with E-state index >= 15 is 0 Å². The summed E-state index contributed by atoms with van der Waals surface area (Å²) >= 11 is 0. The summed E-state index contributed by atoms with van der Waals surface area (Å²) in [5, 5.41) is 3.67. The number of nitrogens with zero attached hydrogens (tertiary/aromatic N) is 1. The first-order valence-electron chi connectivity index (χ1n) is 5.90. The van der Waals surface area contributed by atoms with Crippen LogP contribution in [0.15, 0.2) is 48.7 Å². The molecule has 3 atom stereocenters. The highest BCUT2D eigenvalue weighted by Gasteiger charge is 2.44. The Morgan fingerprint density at radius 3 is 3.12 bits per heavy atom. The van der Waals surface area contributed by atoms with E-state index in [1.54, 1.807) is 0 Å². The normalized spacial score (nSPS) is 33.2. The minimum atomic E-state index is 0.530. The molecule has 0 amide bonds. The number of rotatable bonds is 0. The summed E-state index contributed by atoms with van der Waals surface area (Å²) < 4.78 is 0. The van der Waals surface area contributed by atoms with Gasteiger partial charge in [-0.15, -0.1) is 0 Å². The summed E-state index contributed by atoms with van der Waals surface area (Å²) in [5.74, 6) is 0.647. The molecule has 0 spiro atoms. The highest BCUT2D eigenvalue weighted by atomic mass is 15.2. The Balaban J connectivity index is 1.77. The standard InChI is InChI=1S/C14H14N2/c1-2-6-12-10(5-1)11-9-16-8-4-3-7-13(16)14(11)15-12/h1-8,11,13-15H,9H2. The van der Waals surface area contributed by atoms with Gasteiger partial charge < -0.3 is 10.2 Å². The molecule has 16 heavy (non-hydrogen) atoms. The highest BCUT2D eigenvalue weighted by Crippen LogP contribution is 2.43. The van der Waals surface area contributed by atoms with Gasteiger partial charge in [-0.1, -0.05) is 30.4 Å². The molecular weight excluding hydrogens is 196 g/mol. The lowest BCUT2D eigenvalue weighted by atomic mass is 9.95. The summed E-state index contributed by atoms with van der Waals surface area (Å²) in [6.07, 6.45) is 8.81. The van der Waals surface area contributed by atoms with Crippen LogP contribution in [0.5, 0.6) is 0 Å². The van der Waals surface area contributed by atoms with Crippen molar-refractivity contribution in [2.45, 2.75) is 18.0 Å². The quantitative estimate of drug-likeness (QED) is 0.707. The largest absolute Gasteiger partial charge is 0.379 e. The first-order chi connectivity index (χ1) is 7.93. The van der Waals surface area contributed by atoms with Gasteiger partial charge in [-0.3, -0.25) is 0 Å². The second-order valence-electron chi connectivity index (χ2n) is 4.78. The van der Waals surface area contributed by atoms with Crippen LogP contribution in [0.25, 0.3) is 0 Å². The Kier molecular flexibility index (Phi) is 1.54. The lowest BCUT2D eigenvalue weighted by molar-refractivity contribution is 0.386. The Hall–Kier alpha value is -1.70. The number of para-hydroxylation sites is 1. The van der Waals surface area contributed by atoms with Crippen LogP contribution in [0.2, 0.25) is 0 Å². The SMILES string of the molecule is C1=CC2C3Nc4ccccc4C3CN2C=C1. The average Bonchev–Trinajstić information content (AvgIpc) is 2.85. The summed E-state index contributed by atoms with van der Waals surface area (Å²) in [6, 6.07) is 9.80. The van der Waals surface area contributed by atoms with Gasteiger partial charge in [-0.2, -0.15) is 0 Å². The fraction of sp³-hybridized carbons (Fsp3) is 0.286. The van der Waals surface area contributed by atoms with Crippen LogP contribution >= 0.6 is 0 Å². The van der Waals surface area contributed by atoms with Crippen molar-refractivity contribution < 1.29 is 0 Å². The molecule has 0 saturated carbocycles. The smallest absolute Gasteiger partial charge is 0.0679 e. The topological polar surface area (TPSA) is 15.3 Å². The van der Waals surface area contributed by atoms with Crippen LogP contribution in [-0.4, -0.2) is 23.5 Å². The lowest BCUT2D eigenvalue weighted by Crippen LogP contribution is -2.34. The van der Waals surface area contributed by atoms with Gasteiger partial charge in [0, 0.05) is 18.2 Å². The van der Waals surface area contributed by atoms with Gasteiger partial charge in [0.1, 0.15) is 0 Å². The maximum atomic E-state index is 3.67. The van der Waals surface area contributed by atoms with Crippen LogP contribution in [-0.2, 0) is 0 Å². The van der Waals surface area contributed by atoms with Crippen molar-refractivity contribution in [2.75, 3.05) is 11.9 Å². The molecule has 2 heteroatoms. The predicted molar refractivity (Wildman–Crippen MR) is 65.4 cm³/mol. The molecule has 4 rings (SSSR count). The van der Waals surface area contributed by atoms with Gasteiger partial charge in [-0.05, 0) is 23.9 Å². The van der Waals surface area contributed by atoms with E-state index in [0.29, 0.717) is 18.0 Å². The van der Waals surface area contributed by atoms with Crippen LogP contribution in [0.1, 0.15) is 11.5 Å². The van der Waals surface area contributed by atoms with Crippen molar-refractivity contribution in [3.63, 3.8) is 0 Å². The van der Waals surface area contributed by atoms with Crippen molar-refractivity contribution in [1.29, 1.82) is 0 Å².